The first-order valence-corrected chi connectivity index (χ1v) is 30.6. The molecule has 38 nitrogen and oxygen atoms in total. The smallest absolute Gasteiger partial charge is 0.264 e. The Hall–Kier alpha value is -3.20. The summed E-state index contributed by atoms with van der Waals surface area (Å²) >= 11 is 0. The molecule has 0 saturated carbocycles. The zero-order valence-corrected chi connectivity index (χ0v) is 50.7. The standard InChI is InChI=1S/C56H86N2O36/c1-56(2,3)17-6-4-16(5-7-17)18-8-19(94-58-18)48(79)57-9-20-41-27(65)34(72)49(80-20)88-42-21(10-59)82-51(36(74)29(42)67)90-44-23(12-61)84-53(38(76)31(44)69)92-46-25(14-63)86-55(40(78)33(46)71)93-47-26(15-64)85-54(39(77)32(47)70)91-45-24(13-62)83-52(37(75)30(45)68)89-43-22(11-60)81-50(87-41)35(73)28(43)66/h4-7,19-47,49-55,59-78H,8-15H2,1-3H3,(H,57,79)/t19?,20-,21-,22-,23-,24-,25-,26-,27-,28-,29-,30-,31-,32-,33-,34-,35-,36+,37-,38+,39-,40-,41-,42-,43-,44-,45-,46-,47-,49-,50-,51-,52-,53-,54-,55-/m1/s1. The molecule has 14 bridgehead atoms. The van der Waals surface area contributed by atoms with Gasteiger partial charge in [0, 0.05) is 13.0 Å². The number of ether oxygens (including phenoxy) is 14. The number of carbonyl (C=O) groups excluding carboxylic acids is 1. The van der Waals surface area contributed by atoms with Crippen molar-refractivity contribution in [2.45, 2.75) is 254 Å². The number of nitrogens with zero attached hydrogens (tertiary/aromatic N) is 1. The zero-order chi connectivity index (χ0) is 68.1. The molecule has 1 amide bonds. The average Bonchev–Trinajstić information content (AvgIpc) is 1.06. The summed E-state index contributed by atoms with van der Waals surface area (Å²) in [6.07, 6.45) is -73.0. The molecule has 22 aliphatic rings. The molecule has 22 heterocycles. The van der Waals surface area contributed by atoms with Crippen molar-refractivity contribution in [3.63, 3.8) is 0 Å². The van der Waals surface area contributed by atoms with Crippen molar-refractivity contribution in [3.8, 4) is 0 Å². The fraction of sp³-hybridized carbons (Fsp3) is 0.857. The van der Waals surface area contributed by atoms with Crippen molar-refractivity contribution in [2.75, 3.05) is 46.2 Å². The lowest BCUT2D eigenvalue weighted by atomic mass is 9.86. The second kappa shape index (κ2) is 30.7. The molecular formula is C56H86N2O36. The fourth-order valence-corrected chi connectivity index (χ4v) is 12.6. The number of rotatable bonds is 10. The van der Waals surface area contributed by atoms with Gasteiger partial charge in [0.2, 0.25) is 6.10 Å². The maximum Gasteiger partial charge on any atom is 0.264 e. The Morgan fingerprint density at radius 1 is 0.372 bits per heavy atom. The maximum absolute atomic E-state index is 13.9. The molecule has 38 heteroatoms. The summed E-state index contributed by atoms with van der Waals surface area (Å²) in [5.74, 6) is -0.805. The van der Waals surface area contributed by atoms with Crippen LogP contribution < -0.4 is 5.32 Å². The molecule has 22 aliphatic heterocycles. The first kappa shape index (κ1) is 73.5. The van der Waals surface area contributed by atoms with E-state index in [1.807, 2.05) is 45.0 Å². The molecular weight excluding hydrogens is 1280 g/mol. The van der Waals surface area contributed by atoms with Gasteiger partial charge < -0.3 is 179 Å². The predicted octanol–water partition coefficient (Wildman–Crippen LogP) is -12.6. The topological polar surface area (TPSA) is 585 Å². The van der Waals surface area contributed by atoms with Crippen molar-refractivity contribution in [1.82, 2.24) is 5.32 Å². The van der Waals surface area contributed by atoms with Crippen molar-refractivity contribution in [1.29, 1.82) is 0 Å². The maximum atomic E-state index is 13.9. The molecule has 536 valence electrons. The summed E-state index contributed by atoms with van der Waals surface area (Å²) in [7, 11) is 0. The third-order valence-corrected chi connectivity index (χ3v) is 18.1. The molecule has 0 aliphatic carbocycles. The Labute approximate surface area is 534 Å². The number of aliphatic hydroxyl groups is 20. The molecule has 21 N–H and O–H groups in total. The summed E-state index contributed by atoms with van der Waals surface area (Å²) < 4.78 is 81.5. The normalized spacial score (nSPS) is 49.1. The highest BCUT2D eigenvalue weighted by atomic mass is 16.8. The van der Waals surface area contributed by atoms with E-state index in [-0.39, 0.29) is 11.8 Å². The van der Waals surface area contributed by atoms with E-state index in [2.05, 4.69) is 10.5 Å². The Morgan fingerprint density at radius 2 is 0.606 bits per heavy atom. The summed E-state index contributed by atoms with van der Waals surface area (Å²) in [6.45, 7) is -1.03. The van der Waals surface area contributed by atoms with Gasteiger partial charge in [0.1, 0.15) is 171 Å². The highest BCUT2D eigenvalue weighted by molar-refractivity contribution is 6.04. The summed E-state index contributed by atoms with van der Waals surface area (Å²) in [4.78, 5) is 19.4. The van der Waals surface area contributed by atoms with Gasteiger partial charge in [-0.3, -0.25) is 4.79 Å². The van der Waals surface area contributed by atoms with Crippen LogP contribution in [0.1, 0.15) is 38.3 Å². The van der Waals surface area contributed by atoms with Gasteiger partial charge in [-0.15, -0.1) is 0 Å². The summed E-state index contributed by atoms with van der Waals surface area (Å²) in [5.41, 5.74) is 1.92. The third-order valence-electron chi connectivity index (χ3n) is 18.1. The number of hydrogen-bond acceptors (Lipinski definition) is 37. The SMILES string of the molecule is CC(C)(C)c1ccc(C2=NOC(C(=O)NC[C@H]3O[C@@H]4O[C@H]5[C@H](O)[C@H](O)[C@@H](O[C@H]6[C@H](O)[C@H](O)[C@@H](O[C@H]7[C@H](O)[C@@H](O)[C@@H](O[C@H]8[C@H](O)[C@@H](O)[C@@H](O[C@H]9[C@H](O)[C@@H](O)[C@@H](O[C@H]%10[C@H](O)[C@@H](O)[C@@H](O[C@H]3[C@H](O)[C@H]4O)O[C@@H]%10CO)O[C@@H]9CO)O[C@@H]8CO)O[C@@H]7CO)O[C@@H]6CO)O[C@@H]5CO)C2)cc1. The third kappa shape index (κ3) is 14.8. The largest absolute Gasteiger partial charge is 0.394 e. The van der Waals surface area contributed by atoms with E-state index >= 15 is 0 Å². The molecule has 36 atom stereocenters. The van der Waals surface area contributed by atoms with Crippen LogP contribution >= 0.6 is 0 Å². The molecule has 21 saturated heterocycles. The second-order valence-electron chi connectivity index (χ2n) is 25.4. The van der Waals surface area contributed by atoms with Crippen LogP contribution in [0.15, 0.2) is 29.4 Å². The van der Waals surface area contributed by atoms with Gasteiger partial charge in [-0.05, 0) is 16.5 Å². The lowest BCUT2D eigenvalue weighted by Crippen LogP contribution is -2.68. The molecule has 94 heavy (non-hydrogen) atoms. The van der Waals surface area contributed by atoms with Crippen molar-refractivity contribution in [3.05, 3.63) is 35.4 Å². The minimum atomic E-state index is -2.28. The Morgan fingerprint density at radius 3 is 0.840 bits per heavy atom. The van der Waals surface area contributed by atoms with Crippen LogP contribution in [0.5, 0.6) is 0 Å². The quantitative estimate of drug-likeness (QED) is 0.103. The highest BCUT2D eigenvalue weighted by Gasteiger charge is 2.60. The predicted molar refractivity (Wildman–Crippen MR) is 296 cm³/mol. The number of aliphatic hydroxyl groups excluding tert-OH is 20. The van der Waals surface area contributed by atoms with Gasteiger partial charge in [-0.1, -0.05) is 50.2 Å². The number of carbonyl (C=O) groups is 1. The molecule has 0 radical (unpaired) electrons. The van der Waals surface area contributed by atoms with Crippen LogP contribution in [0.25, 0.3) is 0 Å². The lowest BCUT2D eigenvalue weighted by molar-refractivity contribution is -0.396. The number of hydrogen-bond donors (Lipinski definition) is 21. The summed E-state index contributed by atoms with van der Waals surface area (Å²) in [5, 5.41) is 232. The molecule has 0 spiro atoms. The van der Waals surface area contributed by atoms with Crippen molar-refractivity contribution >= 4 is 11.6 Å². The van der Waals surface area contributed by atoms with E-state index in [4.69, 9.17) is 71.2 Å². The van der Waals surface area contributed by atoms with Gasteiger partial charge in [-0.25, -0.2) is 0 Å². The van der Waals surface area contributed by atoms with Gasteiger partial charge in [-0.2, -0.15) is 0 Å². The minimum absolute atomic E-state index is 0.0357. The van der Waals surface area contributed by atoms with Crippen LogP contribution in [0.2, 0.25) is 0 Å². The van der Waals surface area contributed by atoms with Crippen LogP contribution in [0.3, 0.4) is 0 Å². The number of nitrogens with one attached hydrogen (secondary N) is 1. The molecule has 0 aromatic heterocycles. The van der Waals surface area contributed by atoms with Gasteiger partial charge in [0.15, 0.2) is 44.0 Å². The monoisotopic (exact) mass is 1360 g/mol. The van der Waals surface area contributed by atoms with Crippen LogP contribution in [-0.4, -0.2) is 381 Å². The summed E-state index contributed by atoms with van der Waals surface area (Å²) in [6, 6.07) is 7.43. The van der Waals surface area contributed by atoms with Crippen LogP contribution in [0.4, 0.5) is 0 Å². The number of oxime groups is 1. The molecule has 1 unspecified atom stereocenters. The second-order valence-corrected chi connectivity index (χ2v) is 25.4. The number of amides is 1. The first-order valence-electron chi connectivity index (χ1n) is 30.6. The fourth-order valence-electron chi connectivity index (χ4n) is 12.6. The molecule has 1 aromatic carbocycles. The molecule has 1 aromatic rings. The lowest BCUT2D eigenvalue weighted by Gasteiger charge is -2.50. The Kier molecular flexibility index (Phi) is 24.0. The van der Waals surface area contributed by atoms with E-state index in [0.717, 1.165) is 5.56 Å². The van der Waals surface area contributed by atoms with E-state index in [1.165, 1.54) is 0 Å². The highest BCUT2D eigenvalue weighted by Crippen LogP contribution is 2.39. The van der Waals surface area contributed by atoms with E-state index < -0.39 is 273 Å². The zero-order valence-electron chi connectivity index (χ0n) is 50.7. The van der Waals surface area contributed by atoms with Gasteiger partial charge >= 0.3 is 0 Å². The van der Waals surface area contributed by atoms with E-state index in [9.17, 15) is 107 Å². The molecule has 23 rings (SSSR count). The molecule has 21 fully saturated rings. The Balaban J connectivity index is 0.930. The van der Waals surface area contributed by atoms with E-state index in [1.54, 1.807) is 0 Å². The van der Waals surface area contributed by atoms with Crippen LogP contribution in [-0.2, 0) is 81.4 Å². The first-order chi connectivity index (χ1) is 44.7. The average molecular weight is 1360 g/mol. The van der Waals surface area contributed by atoms with Gasteiger partial charge in [0.05, 0.1) is 45.4 Å². The van der Waals surface area contributed by atoms with E-state index in [0.29, 0.717) is 11.3 Å². The Bertz CT molecular complexity index is 2620. The van der Waals surface area contributed by atoms with Crippen molar-refractivity contribution in [2.24, 2.45) is 5.16 Å². The van der Waals surface area contributed by atoms with Crippen LogP contribution in [0, 0.1) is 0 Å². The number of benzene rings is 1. The van der Waals surface area contributed by atoms with Crippen molar-refractivity contribution < 1.29 is 178 Å². The van der Waals surface area contributed by atoms with Gasteiger partial charge in [0.25, 0.3) is 5.91 Å². The minimum Gasteiger partial charge on any atom is -0.394 e.